The van der Waals surface area contributed by atoms with Crippen molar-refractivity contribution in [3.8, 4) is 22.6 Å². The van der Waals surface area contributed by atoms with Crippen molar-refractivity contribution >= 4 is 11.3 Å². The Balaban J connectivity index is 1.30. The number of fused-ring (bicyclic) bond motifs is 2. The van der Waals surface area contributed by atoms with E-state index in [9.17, 15) is 0 Å². The maximum atomic E-state index is 4.96. The summed E-state index contributed by atoms with van der Waals surface area (Å²) in [4.78, 5) is 20.0. The number of aromatic nitrogens is 6. The molecule has 0 unspecified atom stereocenters. The number of aromatic amines is 1. The van der Waals surface area contributed by atoms with E-state index in [4.69, 9.17) is 9.97 Å². The normalized spacial score (nSPS) is 13.8. The number of H-pyrrole nitrogens is 1. The minimum atomic E-state index is 0.588. The van der Waals surface area contributed by atoms with E-state index in [1.54, 1.807) is 10.8 Å². The molecule has 0 atom stereocenters. The maximum Gasteiger partial charge on any atom is 0.155 e. The Hall–Kier alpha value is -4.04. The van der Waals surface area contributed by atoms with E-state index in [0.717, 1.165) is 71.6 Å². The van der Waals surface area contributed by atoms with Gasteiger partial charge in [0.2, 0.25) is 0 Å². The Labute approximate surface area is 204 Å². The summed E-state index contributed by atoms with van der Waals surface area (Å²) in [5.41, 5.74) is 9.32. The molecule has 0 aliphatic carbocycles. The SMILES string of the molecule is CCN1CCc2cc(NCc3nc(-c4cccc(C)n4)c(-c4ccc5ncnn5c4)[nH]3)ccc2C1. The first-order valence-corrected chi connectivity index (χ1v) is 12.1. The lowest BCUT2D eigenvalue weighted by atomic mass is 9.99. The van der Waals surface area contributed by atoms with Gasteiger partial charge in [0.05, 0.1) is 17.9 Å². The average Bonchev–Trinajstić information content (AvgIpc) is 3.54. The Bertz CT molecular complexity index is 1500. The number of benzene rings is 1. The van der Waals surface area contributed by atoms with E-state index in [1.807, 2.05) is 43.5 Å². The second kappa shape index (κ2) is 8.96. The highest BCUT2D eigenvalue weighted by molar-refractivity contribution is 5.77. The summed E-state index contributed by atoms with van der Waals surface area (Å²) in [5.74, 6) is 0.854. The smallest absolute Gasteiger partial charge is 0.155 e. The minimum Gasteiger partial charge on any atom is -0.378 e. The van der Waals surface area contributed by atoms with Gasteiger partial charge in [0.25, 0.3) is 0 Å². The summed E-state index contributed by atoms with van der Waals surface area (Å²) in [6.07, 6.45) is 4.62. The quantitative estimate of drug-likeness (QED) is 0.385. The third kappa shape index (κ3) is 4.28. The molecule has 1 aliphatic rings. The number of aryl methyl sites for hydroxylation is 1. The van der Waals surface area contributed by atoms with Crippen molar-refractivity contribution in [2.75, 3.05) is 18.4 Å². The number of likely N-dealkylation sites (N-methyl/N-ethyl adjacent to an activating group) is 1. The molecule has 0 spiro atoms. The van der Waals surface area contributed by atoms with Crippen molar-refractivity contribution in [3.05, 3.63) is 83.7 Å². The number of pyridine rings is 2. The standard InChI is InChI=1S/C27H28N8/c1-3-34-12-11-19-13-22(9-7-20(19)15-34)28-14-24-32-26(21-8-10-25-29-17-30-35(25)16-21)27(33-24)23-6-4-5-18(2)31-23/h4-10,13,16-17,28H,3,11-12,14-15H2,1-2H3,(H,32,33). The van der Waals surface area contributed by atoms with E-state index < -0.39 is 0 Å². The van der Waals surface area contributed by atoms with E-state index >= 15 is 0 Å². The van der Waals surface area contributed by atoms with Crippen LogP contribution in [0, 0.1) is 6.92 Å². The van der Waals surface area contributed by atoms with Gasteiger partial charge in [0.15, 0.2) is 5.65 Å². The summed E-state index contributed by atoms with van der Waals surface area (Å²) in [5, 5.41) is 7.85. The fourth-order valence-corrected chi connectivity index (χ4v) is 4.72. The number of hydrogen-bond acceptors (Lipinski definition) is 6. The minimum absolute atomic E-state index is 0.588. The summed E-state index contributed by atoms with van der Waals surface area (Å²) in [7, 11) is 0. The van der Waals surface area contributed by atoms with Crippen LogP contribution in [0.4, 0.5) is 5.69 Å². The lowest BCUT2D eigenvalue weighted by Crippen LogP contribution is -2.30. The van der Waals surface area contributed by atoms with Gasteiger partial charge in [-0.3, -0.25) is 9.88 Å². The Morgan fingerprint density at radius 3 is 2.89 bits per heavy atom. The molecule has 8 nitrogen and oxygen atoms in total. The van der Waals surface area contributed by atoms with Crippen LogP contribution in [0.3, 0.4) is 0 Å². The molecule has 4 aromatic heterocycles. The van der Waals surface area contributed by atoms with E-state index in [1.165, 1.54) is 11.1 Å². The maximum absolute atomic E-state index is 4.96. The Morgan fingerprint density at radius 1 is 1.06 bits per heavy atom. The van der Waals surface area contributed by atoms with Crippen LogP contribution >= 0.6 is 0 Å². The number of nitrogens with zero attached hydrogens (tertiary/aromatic N) is 6. The molecular weight excluding hydrogens is 436 g/mol. The second-order valence-corrected chi connectivity index (χ2v) is 9.01. The van der Waals surface area contributed by atoms with Gasteiger partial charge in [0.1, 0.15) is 17.8 Å². The number of nitrogens with one attached hydrogen (secondary N) is 2. The summed E-state index contributed by atoms with van der Waals surface area (Å²) >= 11 is 0. The van der Waals surface area contributed by atoms with Crippen LogP contribution < -0.4 is 5.32 Å². The molecule has 5 aromatic rings. The molecule has 1 aliphatic heterocycles. The molecule has 0 radical (unpaired) electrons. The monoisotopic (exact) mass is 464 g/mol. The first-order chi connectivity index (χ1) is 17.2. The molecule has 8 heteroatoms. The third-order valence-corrected chi connectivity index (χ3v) is 6.65. The van der Waals surface area contributed by atoms with Crippen LogP contribution in [0.2, 0.25) is 0 Å². The zero-order valence-corrected chi connectivity index (χ0v) is 20.0. The van der Waals surface area contributed by atoms with Crippen molar-refractivity contribution in [2.24, 2.45) is 0 Å². The van der Waals surface area contributed by atoms with Gasteiger partial charge < -0.3 is 10.3 Å². The number of anilines is 1. The van der Waals surface area contributed by atoms with Crippen molar-refractivity contribution in [3.63, 3.8) is 0 Å². The lowest BCUT2D eigenvalue weighted by molar-refractivity contribution is 0.268. The highest BCUT2D eigenvalue weighted by Crippen LogP contribution is 2.30. The zero-order chi connectivity index (χ0) is 23.8. The van der Waals surface area contributed by atoms with Gasteiger partial charge >= 0.3 is 0 Å². The van der Waals surface area contributed by atoms with Crippen molar-refractivity contribution < 1.29 is 0 Å². The molecule has 0 saturated carbocycles. The molecule has 5 heterocycles. The number of rotatable bonds is 6. The molecule has 0 bridgehead atoms. The van der Waals surface area contributed by atoms with Crippen LogP contribution in [0.25, 0.3) is 28.3 Å². The van der Waals surface area contributed by atoms with Crippen molar-refractivity contribution in [1.29, 1.82) is 0 Å². The summed E-state index contributed by atoms with van der Waals surface area (Å²) in [6.45, 7) is 8.07. The van der Waals surface area contributed by atoms with Gasteiger partial charge in [-0.2, -0.15) is 5.10 Å². The van der Waals surface area contributed by atoms with Gasteiger partial charge in [-0.15, -0.1) is 0 Å². The molecule has 35 heavy (non-hydrogen) atoms. The highest BCUT2D eigenvalue weighted by atomic mass is 15.3. The van der Waals surface area contributed by atoms with E-state index in [0.29, 0.717) is 6.54 Å². The fraction of sp³-hybridized carbons (Fsp3) is 0.259. The lowest BCUT2D eigenvalue weighted by Gasteiger charge is -2.27. The van der Waals surface area contributed by atoms with Gasteiger partial charge in [-0.05, 0) is 67.4 Å². The van der Waals surface area contributed by atoms with Crippen molar-refractivity contribution in [2.45, 2.75) is 33.4 Å². The van der Waals surface area contributed by atoms with E-state index in [2.05, 4.69) is 50.4 Å². The number of hydrogen-bond donors (Lipinski definition) is 2. The predicted octanol–water partition coefficient (Wildman–Crippen LogP) is 4.48. The molecule has 2 N–H and O–H groups in total. The third-order valence-electron chi connectivity index (χ3n) is 6.65. The van der Waals surface area contributed by atoms with Crippen LogP contribution in [0.5, 0.6) is 0 Å². The van der Waals surface area contributed by atoms with Crippen LogP contribution in [-0.4, -0.2) is 47.5 Å². The first kappa shape index (κ1) is 21.5. The first-order valence-electron chi connectivity index (χ1n) is 12.1. The van der Waals surface area contributed by atoms with Gasteiger partial charge in [-0.25, -0.2) is 14.5 Å². The molecule has 176 valence electrons. The summed E-state index contributed by atoms with van der Waals surface area (Å²) < 4.78 is 1.77. The molecule has 0 saturated heterocycles. The largest absolute Gasteiger partial charge is 0.378 e. The predicted molar refractivity (Wildman–Crippen MR) is 137 cm³/mol. The Kier molecular flexibility index (Phi) is 5.50. The van der Waals surface area contributed by atoms with Gasteiger partial charge in [0, 0.05) is 36.2 Å². The molecule has 6 rings (SSSR count). The van der Waals surface area contributed by atoms with Crippen LogP contribution in [0.15, 0.2) is 61.1 Å². The average molecular weight is 465 g/mol. The second-order valence-electron chi connectivity index (χ2n) is 9.01. The van der Waals surface area contributed by atoms with Crippen LogP contribution in [0.1, 0.15) is 29.6 Å². The molecule has 1 aromatic carbocycles. The van der Waals surface area contributed by atoms with Gasteiger partial charge in [-0.1, -0.05) is 19.1 Å². The Morgan fingerprint density at radius 2 is 2.00 bits per heavy atom. The fourth-order valence-electron chi connectivity index (χ4n) is 4.72. The highest BCUT2D eigenvalue weighted by Gasteiger charge is 2.18. The summed E-state index contributed by atoms with van der Waals surface area (Å²) in [6, 6.07) is 16.7. The molecule has 0 amide bonds. The van der Waals surface area contributed by atoms with Crippen LogP contribution in [-0.2, 0) is 19.5 Å². The number of imidazole rings is 1. The topological polar surface area (TPSA) is 87.0 Å². The molecule has 0 fully saturated rings. The zero-order valence-electron chi connectivity index (χ0n) is 20.0. The van der Waals surface area contributed by atoms with E-state index in [-0.39, 0.29) is 0 Å². The molecular formula is C27H28N8. The van der Waals surface area contributed by atoms with Crippen molar-refractivity contribution in [1.82, 2.24) is 34.4 Å².